The van der Waals surface area contributed by atoms with E-state index in [9.17, 15) is 0 Å². The molecule has 1 aliphatic carbocycles. The molecule has 1 fully saturated rings. The number of anilines is 2. The SMILES string of the molecule is CC(C)Nc1nc(C#N)cc2cnc(N[C@H]3CCC[C@H]3N)cc12. The Hall–Kier alpha value is -2.39. The van der Waals surface area contributed by atoms with E-state index in [4.69, 9.17) is 11.0 Å². The van der Waals surface area contributed by atoms with Crippen molar-refractivity contribution in [3.8, 4) is 6.07 Å². The van der Waals surface area contributed by atoms with E-state index in [1.165, 1.54) is 0 Å². The van der Waals surface area contributed by atoms with Crippen molar-refractivity contribution in [3.05, 3.63) is 24.0 Å². The van der Waals surface area contributed by atoms with Gasteiger partial charge in [0.15, 0.2) is 0 Å². The van der Waals surface area contributed by atoms with Gasteiger partial charge in [0, 0.05) is 35.1 Å². The summed E-state index contributed by atoms with van der Waals surface area (Å²) in [4.78, 5) is 8.86. The molecular formula is C17H22N6. The molecule has 3 rings (SSSR count). The summed E-state index contributed by atoms with van der Waals surface area (Å²) in [6.07, 6.45) is 5.06. The Morgan fingerprint density at radius 3 is 2.83 bits per heavy atom. The van der Waals surface area contributed by atoms with Crippen LogP contribution in [0.4, 0.5) is 11.6 Å². The topological polar surface area (TPSA) is 99.6 Å². The fourth-order valence-corrected chi connectivity index (χ4v) is 3.02. The number of nitrogens with one attached hydrogen (secondary N) is 2. The average molecular weight is 310 g/mol. The standard InChI is InChI=1S/C17H22N6/c1-10(2)21-17-13-7-16(23-15-5-3-4-14(15)19)20-9-11(13)6-12(8-18)22-17/h6-7,9-10,14-15H,3-5,19H2,1-2H3,(H,20,23)(H,21,22)/t14-,15+/m1/s1. The van der Waals surface area contributed by atoms with Crippen LogP contribution in [0.15, 0.2) is 18.3 Å². The van der Waals surface area contributed by atoms with Crippen molar-refractivity contribution >= 4 is 22.4 Å². The molecule has 0 amide bonds. The highest BCUT2D eigenvalue weighted by Gasteiger charge is 2.24. The summed E-state index contributed by atoms with van der Waals surface area (Å²) in [5.41, 5.74) is 6.51. The number of hydrogen-bond donors (Lipinski definition) is 3. The Morgan fingerprint density at radius 1 is 1.35 bits per heavy atom. The predicted molar refractivity (Wildman–Crippen MR) is 92.2 cm³/mol. The molecule has 23 heavy (non-hydrogen) atoms. The van der Waals surface area contributed by atoms with Gasteiger partial charge in [0.05, 0.1) is 0 Å². The van der Waals surface area contributed by atoms with Gasteiger partial charge in [-0.3, -0.25) is 0 Å². The number of pyridine rings is 2. The fraction of sp³-hybridized carbons (Fsp3) is 0.471. The first-order valence-corrected chi connectivity index (χ1v) is 8.06. The maximum atomic E-state index is 9.14. The molecule has 4 N–H and O–H groups in total. The molecule has 0 radical (unpaired) electrons. The lowest BCUT2D eigenvalue weighted by atomic mass is 10.1. The van der Waals surface area contributed by atoms with E-state index in [1.807, 2.05) is 19.9 Å². The first kappa shape index (κ1) is 15.5. The molecule has 6 nitrogen and oxygen atoms in total. The predicted octanol–water partition coefficient (Wildman–Crippen LogP) is 2.61. The second kappa shape index (κ2) is 6.39. The molecule has 6 heteroatoms. The van der Waals surface area contributed by atoms with E-state index in [0.29, 0.717) is 5.69 Å². The molecule has 120 valence electrons. The smallest absolute Gasteiger partial charge is 0.143 e. The highest BCUT2D eigenvalue weighted by molar-refractivity contribution is 5.93. The Bertz CT molecular complexity index is 749. The minimum absolute atomic E-state index is 0.180. The summed E-state index contributed by atoms with van der Waals surface area (Å²) in [6, 6.07) is 6.53. The van der Waals surface area contributed by atoms with Crippen LogP contribution in [-0.4, -0.2) is 28.1 Å². The van der Waals surface area contributed by atoms with E-state index in [0.717, 1.165) is 41.7 Å². The Labute approximate surface area is 136 Å². The molecule has 2 heterocycles. The van der Waals surface area contributed by atoms with E-state index in [2.05, 4.69) is 26.7 Å². The molecule has 2 atom stereocenters. The van der Waals surface area contributed by atoms with Crippen LogP contribution < -0.4 is 16.4 Å². The Morgan fingerprint density at radius 2 is 2.17 bits per heavy atom. The maximum absolute atomic E-state index is 9.14. The van der Waals surface area contributed by atoms with E-state index in [1.54, 1.807) is 12.3 Å². The molecular weight excluding hydrogens is 288 g/mol. The van der Waals surface area contributed by atoms with E-state index in [-0.39, 0.29) is 18.1 Å². The number of fused-ring (bicyclic) bond motifs is 1. The normalized spacial score (nSPS) is 20.7. The minimum Gasteiger partial charge on any atom is -0.367 e. The number of rotatable bonds is 4. The fourth-order valence-electron chi connectivity index (χ4n) is 3.02. The van der Waals surface area contributed by atoms with Crippen molar-refractivity contribution in [1.82, 2.24) is 9.97 Å². The third-order valence-corrected chi connectivity index (χ3v) is 4.16. The minimum atomic E-state index is 0.180. The summed E-state index contributed by atoms with van der Waals surface area (Å²) in [5, 5.41) is 17.8. The molecule has 0 spiro atoms. The van der Waals surface area contributed by atoms with E-state index >= 15 is 0 Å². The maximum Gasteiger partial charge on any atom is 0.143 e. The summed E-state index contributed by atoms with van der Waals surface area (Å²) in [6.45, 7) is 4.09. The molecule has 2 aromatic heterocycles. The summed E-state index contributed by atoms with van der Waals surface area (Å²) < 4.78 is 0. The first-order chi connectivity index (χ1) is 11.1. The molecule has 0 aromatic carbocycles. The summed E-state index contributed by atoms with van der Waals surface area (Å²) in [7, 11) is 0. The van der Waals surface area contributed by atoms with Crippen molar-refractivity contribution in [2.75, 3.05) is 10.6 Å². The summed E-state index contributed by atoms with van der Waals surface area (Å²) in [5.74, 6) is 1.52. The van der Waals surface area contributed by atoms with Gasteiger partial charge in [0.1, 0.15) is 23.4 Å². The van der Waals surface area contributed by atoms with Gasteiger partial charge in [0.25, 0.3) is 0 Å². The molecule has 1 saturated carbocycles. The third kappa shape index (κ3) is 3.35. The van der Waals surface area contributed by atoms with Gasteiger partial charge in [0.2, 0.25) is 0 Å². The van der Waals surface area contributed by atoms with Crippen LogP contribution in [0.2, 0.25) is 0 Å². The first-order valence-electron chi connectivity index (χ1n) is 8.06. The van der Waals surface area contributed by atoms with Gasteiger partial charge in [-0.15, -0.1) is 0 Å². The van der Waals surface area contributed by atoms with Crippen LogP contribution >= 0.6 is 0 Å². The third-order valence-electron chi connectivity index (χ3n) is 4.16. The van der Waals surface area contributed by atoms with Crippen LogP contribution in [0.1, 0.15) is 38.8 Å². The molecule has 0 unspecified atom stereocenters. The largest absolute Gasteiger partial charge is 0.367 e. The van der Waals surface area contributed by atoms with Crippen LogP contribution in [0.3, 0.4) is 0 Å². The van der Waals surface area contributed by atoms with Crippen LogP contribution in [-0.2, 0) is 0 Å². The zero-order chi connectivity index (χ0) is 16.4. The van der Waals surface area contributed by atoms with Gasteiger partial charge in [-0.05, 0) is 45.2 Å². The molecule has 0 bridgehead atoms. The van der Waals surface area contributed by atoms with Crippen molar-refractivity contribution in [2.24, 2.45) is 5.73 Å². The lowest BCUT2D eigenvalue weighted by molar-refractivity contribution is 0.636. The Kier molecular flexibility index (Phi) is 4.30. The Balaban J connectivity index is 1.98. The average Bonchev–Trinajstić information content (AvgIpc) is 2.92. The van der Waals surface area contributed by atoms with Gasteiger partial charge < -0.3 is 16.4 Å². The quantitative estimate of drug-likeness (QED) is 0.802. The monoisotopic (exact) mass is 310 g/mol. The highest BCUT2D eigenvalue weighted by Crippen LogP contribution is 2.27. The summed E-state index contributed by atoms with van der Waals surface area (Å²) >= 11 is 0. The van der Waals surface area contributed by atoms with Gasteiger partial charge in [-0.25, -0.2) is 9.97 Å². The van der Waals surface area contributed by atoms with Crippen molar-refractivity contribution in [2.45, 2.75) is 51.2 Å². The zero-order valence-electron chi connectivity index (χ0n) is 13.5. The lowest BCUT2D eigenvalue weighted by Gasteiger charge is -2.19. The van der Waals surface area contributed by atoms with Crippen molar-refractivity contribution in [3.63, 3.8) is 0 Å². The number of nitrogens with zero attached hydrogens (tertiary/aromatic N) is 3. The lowest BCUT2D eigenvalue weighted by Crippen LogP contribution is -2.35. The highest BCUT2D eigenvalue weighted by atomic mass is 15.0. The van der Waals surface area contributed by atoms with Crippen LogP contribution in [0.25, 0.3) is 10.8 Å². The number of nitrogens with two attached hydrogens (primary N) is 1. The van der Waals surface area contributed by atoms with Crippen molar-refractivity contribution in [1.29, 1.82) is 5.26 Å². The van der Waals surface area contributed by atoms with Gasteiger partial charge >= 0.3 is 0 Å². The second-order valence-electron chi connectivity index (χ2n) is 6.40. The van der Waals surface area contributed by atoms with E-state index < -0.39 is 0 Å². The second-order valence-corrected chi connectivity index (χ2v) is 6.40. The van der Waals surface area contributed by atoms with Crippen LogP contribution in [0, 0.1) is 11.3 Å². The molecule has 0 aliphatic heterocycles. The molecule has 1 aliphatic rings. The van der Waals surface area contributed by atoms with Crippen LogP contribution in [0.5, 0.6) is 0 Å². The molecule has 2 aromatic rings. The van der Waals surface area contributed by atoms with Gasteiger partial charge in [-0.1, -0.05) is 0 Å². The number of aromatic nitrogens is 2. The molecule has 0 saturated heterocycles. The van der Waals surface area contributed by atoms with Gasteiger partial charge in [-0.2, -0.15) is 5.26 Å². The zero-order valence-corrected chi connectivity index (χ0v) is 13.5. The number of hydrogen-bond acceptors (Lipinski definition) is 6. The van der Waals surface area contributed by atoms with Crippen molar-refractivity contribution < 1.29 is 0 Å². The number of nitriles is 1.